The van der Waals surface area contributed by atoms with E-state index in [0.29, 0.717) is 11.6 Å². The van der Waals surface area contributed by atoms with Gasteiger partial charge in [-0.25, -0.2) is 0 Å². The molecule has 1 spiro atoms. The number of rotatable bonds is 2. The van der Waals surface area contributed by atoms with Crippen LogP contribution in [0.4, 0.5) is 0 Å². The molecule has 1 unspecified atom stereocenters. The van der Waals surface area contributed by atoms with E-state index >= 15 is 0 Å². The molecule has 3 rings (SSSR count). The Labute approximate surface area is 115 Å². The summed E-state index contributed by atoms with van der Waals surface area (Å²) in [7, 11) is 0. The van der Waals surface area contributed by atoms with Gasteiger partial charge in [-0.05, 0) is 19.8 Å². The highest BCUT2D eigenvalue weighted by atomic mass is 15.3. The van der Waals surface area contributed by atoms with Gasteiger partial charge in [0.1, 0.15) is 0 Å². The van der Waals surface area contributed by atoms with Crippen molar-refractivity contribution in [1.29, 1.82) is 0 Å². The molecule has 19 heavy (non-hydrogen) atoms. The smallest absolute Gasteiger partial charge is 0.0755 e. The third-order valence-corrected chi connectivity index (χ3v) is 4.86. The van der Waals surface area contributed by atoms with E-state index in [9.17, 15) is 0 Å². The molecule has 4 nitrogen and oxygen atoms in total. The van der Waals surface area contributed by atoms with Crippen molar-refractivity contribution >= 4 is 0 Å². The molecule has 1 aliphatic carbocycles. The van der Waals surface area contributed by atoms with Crippen molar-refractivity contribution in [2.45, 2.75) is 50.6 Å². The zero-order valence-electron chi connectivity index (χ0n) is 11.8. The molecule has 1 aromatic heterocycles. The van der Waals surface area contributed by atoms with Crippen LogP contribution < -0.4 is 5.32 Å². The molecular formula is C15H24N4. The number of nitrogens with zero attached hydrogens (tertiary/aromatic N) is 3. The van der Waals surface area contributed by atoms with Crippen molar-refractivity contribution in [3.05, 3.63) is 24.3 Å². The summed E-state index contributed by atoms with van der Waals surface area (Å²) in [5.74, 6) is 0. The minimum atomic E-state index is 0.355. The highest BCUT2D eigenvalue weighted by molar-refractivity contribution is 5.07. The van der Waals surface area contributed by atoms with Gasteiger partial charge >= 0.3 is 0 Å². The van der Waals surface area contributed by atoms with Crippen molar-refractivity contribution in [2.24, 2.45) is 0 Å². The normalized spacial score (nSPS) is 25.3. The molecule has 2 fully saturated rings. The zero-order chi connectivity index (χ0) is 13.1. The Hall–Kier alpha value is -1.00. The minimum absolute atomic E-state index is 0.355. The lowest BCUT2D eigenvalue weighted by atomic mass is 9.78. The third-order valence-electron chi connectivity index (χ3n) is 4.86. The van der Waals surface area contributed by atoms with Crippen LogP contribution in [0.15, 0.2) is 18.6 Å². The fraction of sp³-hybridized carbons (Fsp3) is 0.733. The van der Waals surface area contributed by atoms with Crippen molar-refractivity contribution < 1.29 is 0 Å². The van der Waals surface area contributed by atoms with Crippen LogP contribution in [0.3, 0.4) is 0 Å². The highest BCUT2D eigenvalue weighted by Gasteiger charge is 2.42. The summed E-state index contributed by atoms with van der Waals surface area (Å²) in [6.07, 6.45) is 12.3. The maximum atomic E-state index is 4.51. The summed E-state index contributed by atoms with van der Waals surface area (Å²) >= 11 is 0. The van der Waals surface area contributed by atoms with E-state index in [1.165, 1.54) is 32.1 Å². The summed E-state index contributed by atoms with van der Waals surface area (Å²) in [6.45, 7) is 5.63. The molecule has 0 bridgehead atoms. The van der Waals surface area contributed by atoms with Crippen molar-refractivity contribution in [1.82, 2.24) is 20.2 Å². The number of nitrogens with one attached hydrogen (secondary N) is 1. The second-order valence-electron chi connectivity index (χ2n) is 5.96. The Balaban J connectivity index is 1.84. The van der Waals surface area contributed by atoms with Crippen LogP contribution >= 0.6 is 0 Å². The Morgan fingerprint density at radius 1 is 1.26 bits per heavy atom. The molecule has 1 aromatic rings. The number of piperazine rings is 1. The van der Waals surface area contributed by atoms with Gasteiger partial charge in [0.05, 0.1) is 11.7 Å². The summed E-state index contributed by atoms with van der Waals surface area (Å²) < 4.78 is 0. The van der Waals surface area contributed by atoms with Gasteiger partial charge in [-0.15, -0.1) is 0 Å². The summed E-state index contributed by atoms with van der Waals surface area (Å²) in [5, 5.41) is 3.60. The molecule has 1 aliphatic heterocycles. The predicted molar refractivity (Wildman–Crippen MR) is 75.8 cm³/mol. The van der Waals surface area contributed by atoms with Crippen LogP contribution in [0, 0.1) is 0 Å². The van der Waals surface area contributed by atoms with Gasteiger partial charge in [0.15, 0.2) is 0 Å². The van der Waals surface area contributed by atoms with Crippen LogP contribution in [-0.4, -0.2) is 40.0 Å². The Morgan fingerprint density at radius 3 is 2.84 bits per heavy atom. The molecule has 1 saturated heterocycles. The molecule has 1 atom stereocenters. The van der Waals surface area contributed by atoms with Crippen molar-refractivity contribution in [3.63, 3.8) is 0 Å². The van der Waals surface area contributed by atoms with E-state index < -0.39 is 0 Å². The first-order chi connectivity index (χ1) is 9.32. The molecule has 0 amide bonds. The van der Waals surface area contributed by atoms with Gasteiger partial charge < -0.3 is 5.32 Å². The van der Waals surface area contributed by atoms with Gasteiger partial charge in [-0.1, -0.05) is 19.3 Å². The predicted octanol–water partition coefficient (Wildman–Crippen LogP) is 2.15. The lowest BCUT2D eigenvalue weighted by Gasteiger charge is -2.52. The number of aromatic nitrogens is 2. The Bertz CT molecular complexity index is 392. The van der Waals surface area contributed by atoms with Crippen LogP contribution in [0.2, 0.25) is 0 Å². The van der Waals surface area contributed by atoms with E-state index in [-0.39, 0.29) is 0 Å². The van der Waals surface area contributed by atoms with E-state index in [1.807, 2.05) is 12.4 Å². The van der Waals surface area contributed by atoms with Crippen LogP contribution in [0.5, 0.6) is 0 Å². The standard InChI is InChI=1S/C15H24N4/c1-13(14-11-16-7-8-18-14)19-10-9-17-12-15(19)5-3-2-4-6-15/h7-8,11,13,17H,2-6,9-10,12H2,1H3. The second-order valence-corrected chi connectivity index (χ2v) is 5.96. The van der Waals surface area contributed by atoms with Gasteiger partial charge in [0.2, 0.25) is 0 Å². The largest absolute Gasteiger partial charge is 0.314 e. The fourth-order valence-corrected chi connectivity index (χ4v) is 3.82. The average molecular weight is 260 g/mol. The first-order valence-electron chi connectivity index (χ1n) is 7.55. The lowest BCUT2D eigenvalue weighted by Crippen LogP contribution is -2.62. The van der Waals surface area contributed by atoms with E-state index in [0.717, 1.165) is 25.3 Å². The molecule has 1 saturated carbocycles. The molecule has 0 aromatic carbocycles. The van der Waals surface area contributed by atoms with Crippen LogP contribution in [0.25, 0.3) is 0 Å². The topological polar surface area (TPSA) is 41.1 Å². The first kappa shape index (κ1) is 13.0. The Kier molecular flexibility index (Phi) is 3.80. The van der Waals surface area contributed by atoms with Gasteiger partial charge in [-0.3, -0.25) is 14.9 Å². The monoisotopic (exact) mass is 260 g/mol. The molecular weight excluding hydrogens is 236 g/mol. The molecule has 0 radical (unpaired) electrons. The Morgan fingerprint density at radius 2 is 2.11 bits per heavy atom. The molecule has 1 N–H and O–H groups in total. The maximum absolute atomic E-state index is 4.51. The van der Waals surface area contributed by atoms with Crippen LogP contribution in [0.1, 0.15) is 50.8 Å². The van der Waals surface area contributed by atoms with Gasteiger partial charge in [0, 0.05) is 43.8 Å². The first-order valence-corrected chi connectivity index (χ1v) is 7.55. The SMILES string of the molecule is CC(c1cnccn1)N1CCNCC12CCCCC2. The minimum Gasteiger partial charge on any atom is -0.314 e. The summed E-state index contributed by atoms with van der Waals surface area (Å²) in [6, 6.07) is 0.369. The molecule has 104 valence electrons. The van der Waals surface area contributed by atoms with Gasteiger partial charge in [0.25, 0.3) is 0 Å². The van der Waals surface area contributed by atoms with E-state index in [1.54, 1.807) is 6.20 Å². The molecule has 4 heteroatoms. The average Bonchev–Trinajstić information content (AvgIpc) is 2.49. The van der Waals surface area contributed by atoms with Crippen molar-refractivity contribution in [2.75, 3.05) is 19.6 Å². The highest BCUT2D eigenvalue weighted by Crippen LogP contribution is 2.38. The zero-order valence-corrected chi connectivity index (χ0v) is 11.8. The summed E-state index contributed by atoms with van der Waals surface area (Å²) in [4.78, 5) is 11.4. The van der Waals surface area contributed by atoms with Crippen molar-refractivity contribution in [3.8, 4) is 0 Å². The molecule has 2 aliphatic rings. The summed E-state index contributed by atoms with van der Waals surface area (Å²) in [5.41, 5.74) is 1.46. The van der Waals surface area contributed by atoms with Gasteiger partial charge in [-0.2, -0.15) is 0 Å². The quantitative estimate of drug-likeness (QED) is 0.884. The maximum Gasteiger partial charge on any atom is 0.0755 e. The molecule has 2 heterocycles. The fourth-order valence-electron chi connectivity index (χ4n) is 3.82. The number of hydrogen-bond donors (Lipinski definition) is 1. The van der Waals surface area contributed by atoms with E-state index in [2.05, 4.69) is 27.1 Å². The van der Waals surface area contributed by atoms with E-state index in [4.69, 9.17) is 0 Å². The van der Waals surface area contributed by atoms with Crippen LogP contribution in [-0.2, 0) is 0 Å². The second kappa shape index (κ2) is 5.55. The third kappa shape index (κ3) is 2.51. The lowest BCUT2D eigenvalue weighted by molar-refractivity contribution is -0.00410. The number of hydrogen-bond acceptors (Lipinski definition) is 4.